The van der Waals surface area contributed by atoms with E-state index in [4.69, 9.17) is 9.47 Å². The largest absolute Gasteiger partial charge is 0.497 e. The van der Waals surface area contributed by atoms with Crippen molar-refractivity contribution in [2.45, 2.75) is 10.9 Å². The van der Waals surface area contributed by atoms with Crippen molar-refractivity contribution in [2.75, 3.05) is 20.0 Å². The molecule has 1 amide bonds. The van der Waals surface area contributed by atoms with Crippen LogP contribution in [0.2, 0.25) is 0 Å². The number of hydrogen-bond acceptors (Lipinski definition) is 4. The predicted octanol–water partition coefficient (Wildman–Crippen LogP) is 4.84. The summed E-state index contributed by atoms with van der Waals surface area (Å²) in [6.45, 7) is 0. The lowest BCUT2D eigenvalue weighted by atomic mass is 9.98. The Morgan fingerprint density at radius 2 is 1.41 bits per heavy atom. The summed E-state index contributed by atoms with van der Waals surface area (Å²) in [7, 11) is 3.22. The highest BCUT2D eigenvalue weighted by atomic mass is 32.2. The molecule has 29 heavy (non-hydrogen) atoms. The number of ether oxygens (including phenoxy) is 2. The SMILES string of the molecule is COc1ccc(C(NC(=O)CSc2ccccc2F)c2ccc(OC)cc2)cc1. The highest BCUT2D eigenvalue weighted by Gasteiger charge is 2.18. The average Bonchev–Trinajstić information content (AvgIpc) is 2.77. The molecular formula is C23H22FNO3S. The number of carbonyl (C=O) groups excluding carboxylic acids is 1. The van der Waals surface area contributed by atoms with E-state index in [0.717, 1.165) is 22.6 Å². The first-order valence-electron chi connectivity index (χ1n) is 9.05. The molecule has 0 aliphatic heterocycles. The molecule has 0 fully saturated rings. The molecule has 0 aromatic heterocycles. The number of carbonyl (C=O) groups is 1. The van der Waals surface area contributed by atoms with Crippen molar-refractivity contribution in [3.05, 3.63) is 89.7 Å². The molecule has 3 aromatic rings. The van der Waals surface area contributed by atoms with Gasteiger partial charge in [0, 0.05) is 4.90 Å². The quantitative estimate of drug-likeness (QED) is 0.539. The Morgan fingerprint density at radius 1 is 0.897 bits per heavy atom. The van der Waals surface area contributed by atoms with Crippen LogP contribution in [0.4, 0.5) is 4.39 Å². The van der Waals surface area contributed by atoms with E-state index in [0.29, 0.717) is 4.90 Å². The fraction of sp³-hybridized carbons (Fsp3) is 0.174. The second-order valence-corrected chi connectivity index (χ2v) is 7.28. The third-order valence-corrected chi connectivity index (χ3v) is 5.45. The lowest BCUT2D eigenvalue weighted by Gasteiger charge is -2.20. The molecule has 0 atom stereocenters. The molecule has 0 unspecified atom stereocenters. The summed E-state index contributed by atoms with van der Waals surface area (Å²) in [5, 5.41) is 3.05. The zero-order valence-corrected chi connectivity index (χ0v) is 17.0. The Bertz CT molecular complexity index is 898. The maximum absolute atomic E-state index is 13.8. The van der Waals surface area contributed by atoms with Gasteiger partial charge in [0.2, 0.25) is 5.91 Å². The molecule has 0 heterocycles. The first-order valence-corrected chi connectivity index (χ1v) is 10.0. The van der Waals surface area contributed by atoms with E-state index in [1.807, 2.05) is 48.5 Å². The number of thioether (sulfide) groups is 1. The van der Waals surface area contributed by atoms with Crippen LogP contribution in [0.3, 0.4) is 0 Å². The number of methoxy groups -OCH3 is 2. The normalized spacial score (nSPS) is 10.6. The molecule has 0 saturated carbocycles. The number of halogens is 1. The third kappa shape index (κ3) is 5.51. The van der Waals surface area contributed by atoms with Gasteiger partial charge < -0.3 is 14.8 Å². The van der Waals surface area contributed by atoms with E-state index in [1.54, 1.807) is 32.4 Å². The highest BCUT2D eigenvalue weighted by molar-refractivity contribution is 8.00. The van der Waals surface area contributed by atoms with Gasteiger partial charge in [-0.2, -0.15) is 0 Å². The summed E-state index contributed by atoms with van der Waals surface area (Å²) in [5.41, 5.74) is 1.83. The Labute approximate surface area is 174 Å². The molecule has 150 valence electrons. The van der Waals surface area contributed by atoms with Gasteiger partial charge in [0.05, 0.1) is 26.0 Å². The lowest BCUT2D eigenvalue weighted by molar-refractivity contribution is -0.119. The molecule has 0 aliphatic rings. The maximum atomic E-state index is 13.8. The van der Waals surface area contributed by atoms with Crippen molar-refractivity contribution < 1.29 is 18.7 Å². The van der Waals surface area contributed by atoms with Crippen LogP contribution < -0.4 is 14.8 Å². The standard InChI is InChI=1S/C23H22FNO3S/c1-27-18-11-7-16(8-12-18)23(17-9-13-19(28-2)14-10-17)25-22(26)15-29-21-6-4-3-5-20(21)24/h3-14,23H,15H2,1-2H3,(H,25,26). The average molecular weight is 411 g/mol. The van der Waals surface area contributed by atoms with Crippen molar-refractivity contribution in [3.8, 4) is 11.5 Å². The van der Waals surface area contributed by atoms with Gasteiger partial charge in [0.25, 0.3) is 0 Å². The Morgan fingerprint density at radius 3 is 1.90 bits per heavy atom. The Hall–Kier alpha value is -2.99. The molecule has 0 bridgehead atoms. The van der Waals surface area contributed by atoms with Gasteiger partial charge in [0.15, 0.2) is 0 Å². The van der Waals surface area contributed by atoms with E-state index >= 15 is 0 Å². The monoisotopic (exact) mass is 411 g/mol. The number of rotatable bonds is 8. The van der Waals surface area contributed by atoms with Gasteiger partial charge >= 0.3 is 0 Å². The summed E-state index contributed by atoms with van der Waals surface area (Å²) < 4.78 is 24.2. The summed E-state index contributed by atoms with van der Waals surface area (Å²) in [6, 6.07) is 21.2. The van der Waals surface area contributed by atoms with Crippen molar-refractivity contribution in [1.82, 2.24) is 5.32 Å². The Balaban J connectivity index is 1.78. The summed E-state index contributed by atoms with van der Waals surface area (Å²) in [5.74, 6) is 1.08. The van der Waals surface area contributed by atoms with Gasteiger partial charge in [-0.15, -0.1) is 11.8 Å². The van der Waals surface area contributed by atoms with E-state index in [9.17, 15) is 9.18 Å². The molecule has 6 heteroatoms. The van der Waals surface area contributed by atoms with Gasteiger partial charge in [-0.25, -0.2) is 4.39 Å². The molecule has 3 aromatic carbocycles. The van der Waals surface area contributed by atoms with Crippen molar-refractivity contribution in [1.29, 1.82) is 0 Å². The van der Waals surface area contributed by atoms with Crippen molar-refractivity contribution in [3.63, 3.8) is 0 Å². The second kappa shape index (κ2) is 9.98. The van der Waals surface area contributed by atoms with Crippen LogP contribution in [0.5, 0.6) is 11.5 Å². The molecule has 0 spiro atoms. The van der Waals surface area contributed by atoms with E-state index in [1.165, 1.54) is 17.8 Å². The fourth-order valence-electron chi connectivity index (χ4n) is 2.86. The van der Waals surface area contributed by atoms with Crippen LogP contribution in [0.25, 0.3) is 0 Å². The lowest BCUT2D eigenvalue weighted by Crippen LogP contribution is -2.30. The summed E-state index contributed by atoms with van der Waals surface area (Å²) in [4.78, 5) is 13.1. The maximum Gasteiger partial charge on any atom is 0.231 e. The minimum Gasteiger partial charge on any atom is -0.497 e. The van der Waals surface area contributed by atoms with E-state index < -0.39 is 0 Å². The number of amides is 1. The zero-order chi connectivity index (χ0) is 20.6. The molecule has 0 radical (unpaired) electrons. The van der Waals surface area contributed by atoms with Crippen LogP contribution in [-0.2, 0) is 4.79 Å². The first-order chi connectivity index (χ1) is 14.1. The van der Waals surface area contributed by atoms with Gasteiger partial charge in [-0.1, -0.05) is 36.4 Å². The van der Waals surface area contributed by atoms with Crippen LogP contribution in [0, 0.1) is 5.82 Å². The van der Waals surface area contributed by atoms with E-state index in [2.05, 4.69) is 5.32 Å². The minimum absolute atomic E-state index is 0.115. The minimum atomic E-state index is -0.347. The smallest absolute Gasteiger partial charge is 0.231 e. The number of benzene rings is 3. The van der Waals surface area contributed by atoms with Gasteiger partial charge in [0.1, 0.15) is 17.3 Å². The van der Waals surface area contributed by atoms with Crippen molar-refractivity contribution >= 4 is 17.7 Å². The predicted molar refractivity (Wildman–Crippen MR) is 113 cm³/mol. The van der Waals surface area contributed by atoms with Crippen LogP contribution >= 0.6 is 11.8 Å². The van der Waals surface area contributed by atoms with Crippen LogP contribution in [0.1, 0.15) is 17.2 Å². The van der Waals surface area contributed by atoms with Crippen LogP contribution in [-0.4, -0.2) is 25.9 Å². The topological polar surface area (TPSA) is 47.6 Å². The molecule has 0 aliphatic carbocycles. The number of nitrogens with one attached hydrogen (secondary N) is 1. The highest BCUT2D eigenvalue weighted by Crippen LogP contribution is 2.27. The summed E-state index contributed by atoms with van der Waals surface area (Å²) in [6.07, 6.45) is 0. The molecule has 0 saturated heterocycles. The second-order valence-electron chi connectivity index (χ2n) is 6.27. The molecule has 4 nitrogen and oxygen atoms in total. The summed E-state index contributed by atoms with van der Waals surface area (Å²) >= 11 is 1.17. The molecule has 3 rings (SSSR count). The first kappa shape index (κ1) is 20.7. The third-order valence-electron chi connectivity index (χ3n) is 4.40. The van der Waals surface area contributed by atoms with Gasteiger partial charge in [-0.3, -0.25) is 4.79 Å². The van der Waals surface area contributed by atoms with E-state index in [-0.39, 0.29) is 23.5 Å². The Kier molecular flexibility index (Phi) is 7.14. The van der Waals surface area contributed by atoms with Crippen LogP contribution in [0.15, 0.2) is 77.7 Å². The van der Waals surface area contributed by atoms with Gasteiger partial charge in [-0.05, 0) is 47.5 Å². The molecular weight excluding hydrogens is 389 g/mol. The fourth-order valence-corrected chi connectivity index (χ4v) is 3.61. The van der Waals surface area contributed by atoms with Crippen molar-refractivity contribution in [2.24, 2.45) is 0 Å². The zero-order valence-electron chi connectivity index (χ0n) is 16.2. The number of hydrogen-bond donors (Lipinski definition) is 1. The molecule has 1 N–H and O–H groups in total.